The zero-order valence-electron chi connectivity index (χ0n) is 13.3. The van der Waals surface area contributed by atoms with Crippen molar-refractivity contribution < 1.29 is 9.90 Å². The van der Waals surface area contributed by atoms with E-state index in [1.165, 1.54) is 12.8 Å². The summed E-state index contributed by atoms with van der Waals surface area (Å²) in [6.07, 6.45) is 6.58. The maximum Gasteiger partial charge on any atom is 0.315 e. The first kappa shape index (κ1) is 16.6. The normalized spacial score (nSPS) is 28.3. The first-order chi connectivity index (χ1) is 10.2. The number of carbonyl (C=O) groups excluding carboxylic acids is 1. The average Bonchev–Trinajstić information content (AvgIpc) is 2.50. The molecule has 0 atom stereocenters. The van der Waals surface area contributed by atoms with Crippen LogP contribution in [0.2, 0.25) is 0 Å². The quantitative estimate of drug-likeness (QED) is 0.722. The number of aliphatic hydroxyl groups excluding tert-OH is 1. The lowest BCUT2D eigenvalue weighted by molar-refractivity contribution is 0.173. The highest BCUT2D eigenvalue weighted by atomic mass is 16.3. The standard InChI is InChI=1S/C16H31N3O2/c1-13-6-9-19(10-7-13)11-8-17-16(21)18-15-4-2-14(12-20)3-5-15/h13-15,20H,2-12H2,1H3,(H2,17,18,21). The minimum atomic E-state index is -0.0344. The Bertz CT molecular complexity index is 309. The summed E-state index contributed by atoms with van der Waals surface area (Å²) in [4.78, 5) is 14.3. The summed E-state index contributed by atoms with van der Waals surface area (Å²) in [6, 6.07) is 0.247. The Hall–Kier alpha value is -0.810. The van der Waals surface area contributed by atoms with E-state index in [2.05, 4.69) is 22.5 Å². The van der Waals surface area contributed by atoms with Crippen molar-refractivity contribution in [1.29, 1.82) is 0 Å². The maximum absolute atomic E-state index is 11.9. The summed E-state index contributed by atoms with van der Waals surface area (Å²) in [5.41, 5.74) is 0. The molecule has 1 aliphatic heterocycles. The lowest BCUT2D eigenvalue weighted by Crippen LogP contribution is -2.46. The van der Waals surface area contributed by atoms with Gasteiger partial charge in [-0.3, -0.25) is 0 Å². The Morgan fingerprint density at radius 3 is 2.43 bits per heavy atom. The number of nitrogens with one attached hydrogen (secondary N) is 2. The third-order valence-corrected chi connectivity index (χ3v) is 5.03. The van der Waals surface area contributed by atoms with Gasteiger partial charge in [0.05, 0.1) is 0 Å². The van der Waals surface area contributed by atoms with Crippen LogP contribution in [0.5, 0.6) is 0 Å². The second kappa shape index (κ2) is 8.59. The smallest absolute Gasteiger partial charge is 0.315 e. The highest BCUT2D eigenvalue weighted by molar-refractivity contribution is 5.74. The van der Waals surface area contributed by atoms with Gasteiger partial charge in [-0.1, -0.05) is 6.92 Å². The minimum Gasteiger partial charge on any atom is -0.396 e. The molecule has 0 aromatic carbocycles. The van der Waals surface area contributed by atoms with Gasteiger partial charge in [0.25, 0.3) is 0 Å². The molecule has 1 saturated carbocycles. The highest BCUT2D eigenvalue weighted by Crippen LogP contribution is 2.23. The third kappa shape index (κ3) is 5.83. The first-order valence-corrected chi connectivity index (χ1v) is 8.55. The van der Waals surface area contributed by atoms with Crippen molar-refractivity contribution in [2.45, 2.75) is 51.5 Å². The molecule has 0 unspecified atom stereocenters. The van der Waals surface area contributed by atoms with Crippen LogP contribution in [-0.2, 0) is 0 Å². The van der Waals surface area contributed by atoms with E-state index in [1.54, 1.807) is 0 Å². The van der Waals surface area contributed by atoms with Crippen molar-refractivity contribution in [3.63, 3.8) is 0 Å². The molecule has 3 N–H and O–H groups in total. The van der Waals surface area contributed by atoms with Gasteiger partial charge in [-0.15, -0.1) is 0 Å². The Kier molecular flexibility index (Phi) is 6.77. The van der Waals surface area contributed by atoms with Gasteiger partial charge in [0, 0.05) is 25.7 Å². The monoisotopic (exact) mass is 297 g/mol. The Morgan fingerprint density at radius 1 is 1.14 bits per heavy atom. The molecule has 0 radical (unpaired) electrons. The van der Waals surface area contributed by atoms with Crippen LogP contribution in [0, 0.1) is 11.8 Å². The zero-order valence-corrected chi connectivity index (χ0v) is 13.3. The second-order valence-electron chi connectivity index (χ2n) is 6.82. The van der Waals surface area contributed by atoms with Crippen molar-refractivity contribution in [2.24, 2.45) is 11.8 Å². The van der Waals surface area contributed by atoms with Crippen LogP contribution < -0.4 is 10.6 Å². The molecule has 0 spiro atoms. The van der Waals surface area contributed by atoms with E-state index < -0.39 is 0 Å². The lowest BCUT2D eigenvalue weighted by atomic mass is 9.87. The zero-order chi connectivity index (χ0) is 15.1. The van der Waals surface area contributed by atoms with Crippen molar-refractivity contribution in [2.75, 3.05) is 32.8 Å². The van der Waals surface area contributed by atoms with E-state index in [1.807, 2.05) is 0 Å². The number of urea groups is 1. The fourth-order valence-electron chi connectivity index (χ4n) is 3.34. The number of carbonyl (C=O) groups is 1. The molecule has 0 aromatic heterocycles. The van der Waals surface area contributed by atoms with E-state index in [0.29, 0.717) is 5.92 Å². The van der Waals surface area contributed by atoms with E-state index in [9.17, 15) is 4.79 Å². The predicted octanol–water partition coefficient (Wildman–Crippen LogP) is 1.57. The number of hydrogen-bond donors (Lipinski definition) is 3. The molecule has 21 heavy (non-hydrogen) atoms. The van der Waals surface area contributed by atoms with E-state index in [-0.39, 0.29) is 18.7 Å². The molecule has 1 aliphatic carbocycles. The van der Waals surface area contributed by atoms with Crippen molar-refractivity contribution in [1.82, 2.24) is 15.5 Å². The summed E-state index contributed by atoms with van der Waals surface area (Å²) in [5.74, 6) is 1.29. The molecule has 2 fully saturated rings. The van der Waals surface area contributed by atoms with Crippen LogP contribution in [-0.4, -0.2) is 54.9 Å². The predicted molar refractivity (Wildman–Crippen MR) is 84.2 cm³/mol. The molecular formula is C16H31N3O2. The molecule has 0 bridgehead atoms. The van der Waals surface area contributed by atoms with Gasteiger partial charge in [-0.25, -0.2) is 4.79 Å². The van der Waals surface area contributed by atoms with Crippen LogP contribution in [0.1, 0.15) is 45.4 Å². The number of hydrogen-bond acceptors (Lipinski definition) is 3. The summed E-state index contributed by atoms with van der Waals surface area (Å²) < 4.78 is 0. The van der Waals surface area contributed by atoms with E-state index in [0.717, 1.165) is 57.8 Å². The Labute approximate surface area is 128 Å². The topological polar surface area (TPSA) is 64.6 Å². The van der Waals surface area contributed by atoms with Gasteiger partial charge in [-0.05, 0) is 63.5 Å². The summed E-state index contributed by atoms with van der Waals surface area (Å²) >= 11 is 0. The Balaban J connectivity index is 1.54. The minimum absolute atomic E-state index is 0.0344. The number of aliphatic hydroxyl groups is 1. The van der Waals surface area contributed by atoms with Crippen LogP contribution in [0.4, 0.5) is 4.79 Å². The number of nitrogens with zero attached hydrogens (tertiary/aromatic N) is 1. The third-order valence-electron chi connectivity index (χ3n) is 5.03. The van der Waals surface area contributed by atoms with Crippen LogP contribution in [0.15, 0.2) is 0 Å². The molecule has 1 heterocycles. The number of amides is 2. The molecule has 122 valence electrons. The van der Waals surface area contributed by atoms with Gasteiger partial charge in [0.2, 0.25) is 0 Å². The molecule has 2 rings (SSSR count). The molecular weight excluding hydrogens is 266 g/mol. The molecule has 2 amide bonds. The fraction of sp³-hybridized carbons (Fsp3) is 0.938. The van der Waals surface area contributed by atoms with Crippen molar-refractivity contribution in [3.05, 3.63) is 0 Å². The molecule has 2 aliphatic rings. The maximum atomic E-state index is 11.9. The van der Waals surface area contributed by atoms with Crippen molar-refractivity contribution in [3.8, 4) is 0 Å². The van der Waals surface area contributed by atoms with Crippen LogP contribution in [0.25, 0.3) is 0 Å². The summed E-state index contributed by atoms with van der Waals surface area (Å²) in [5, 5.41) is 15.1. The van der Waals surface area contributed by atoms with E-state index >= 15 is 0 Å². The van der Waals surface area contributed by atoms with Gasteiger partial charge < -0.3 is 20.6 Å². The largest absolute Gasteiger partial charge is 0.396 e. The second-order valence-corrected chi connectivity index (χ2v) is 6.82. The Morgan fingerprint density at radius 2 is 1.81 bits per heavy atom. The van der Waals surface area contributed by atoms with Gasteiger partial charge >= 0.3 is 6.03 Å². The lowest BCUT2D eigenvalue weighted by Gasteiger charge is -2.30. The van der Waals surface area contributed by atoms with E-state index in [4.69, 9.17) is 5.11 Å². The molecule has 5 heteroatoms. The van der Waals surface area contributed by atoms with Crippen LogP contribution in [0.3, 0.4) is 0 Å². The fourth-order valence-corrected chi connectivity index (χ4v) is 3.34. The number of likely N-dealkylation sites (tertiary alicyclic amines) is 1. The average molecular weight is 297 g/mol. The molecule has 0 aromatic rings. The SMILES string of the molecule is CC1CCN(CCNC(=O)NC2CCC(CO)CC2)CC1. The van der Waals surface area contributed by atoms with Gasteiger partial charge in [0.15, 0.2) is 0 Å². The number of piperidine rings is 1. The first-order valence-electron chi connectivity index (χ1n) is 8.55. The van der Waals surface area contributed by atoms with Gasteiger partial charge in [0.1, 0.15) is 0 Å². The summed E-state index contributed by atoms with van der Waals surface area (Å²) in [7, 11) is 0. The molecule has 1 saturated heterocycles. The highest BCUT2D eigenvalue weighted by Gasteiger charge is 2.21. The van der Waals surface area contributed by atoms with Crippen molar-refractivity contribution >= 4 is 6.03 Å². The van der Waals surface area contributed by atoms with Crippen LogP contribution >= 0.6 is 0 Å². The van der Waals surface area contributed by atoms with Gasteiger partial charge in [-0.2, -0.15) is 0 Å². The number of rotatable bonds is 5. The molecule has 5 nitrogen and oxygen atoms in total. The summed E-state index contributed by atoms with van der Waals surface area (Å²) in [6.45, 7) is 6.61.